The van der Waals surface area contributed by atoms with Crippen molar-refractivity contribution in [2.75, 3.05) is 19.5 Å². The predicted molar refractivity (Wildman–Crippen MR) is 113 cm³/mol. The highest BCUT2D eigenvalue weighted by molar-refractivity contribution is 7.99. The molecule has 3 aromatic rings. The molecule has 0 aliphatic heterocycles. The molecule has 3 rings (SSSR count). The highest BCUT2D eigenvalue weighted by Crippen LogP contribution is 2.28. The van der Waals surface area contributed by atoms with E-state index in [-0.39, 0.29) is 6.61 Å². The number of thioether (sulfide) groups is 1. The van der Waals surface area contributed by atoms with Gasteiger partial charge in [-0.2, -0.15) is 4.68 Å². The molecule has 0 saturated carbocycles. The van der Waals surface area contributed by atoms with Gasteiger partial charge >= 0.3 is 0 Å². The SMILES string of the molecule is COc1ccc(C)cc1-n1nnnc1SC[C@H](O)COc1ccccc1C(C)C. The lowest BCUT2D eigenvalue weighted by Gasteiger charge is -2.16. The van der Waals surface area contributed by atoms with Crippen LogP contribution in [0.5, 0.6) is 11.5 Å². The number of hydrogen-bond acceptors (Lipinski definition) is 7. The molecule has 0 aliphatic carbocycles. The number of methoxy groups -OCH3 is 1. The van der Waals surface area contributed by atoms with Gasteiger partial charge in [0.2, 0.25) is 5.16 Å². The fourth-order valence-corrected chi connectivity index (χ4v) is 3.67. The zero-order valence-electron chi connectivity index (χ0n) is 17.1. The Hall–Kier alpha value is -2.58. The first-order chi connectivity index (χ1) is 14.0. The van der Waals surface area contributed by atoms with E-state index in [2.05, 4.69) is 29.4 Å². The lowest BCUT2D eigenvalue weighted by Crippen LogP contribution is -2.21. The monoisotopic (exact) mass is 414 g/mol. The number of aliphatic hydroxyl groups is 1. The Kier molecular flexibility index (Phi) is 7.11. The molecule has 1 atom stereocenters. The fraction of sp³-hybridized carbons (Fsp3) is 0.381. The van der Waals surface area contributed by atoms with E-state index in [0.29, 0.717) is 22.6 Å². The number of aromatic nitrogens is 4. The largest absolute Gasteiger partial charge is 0.494 e. The molecule has 0 unspecified atom stereocenters. The second-order valence-corrected chi connectivity index (χ2v) is 8.00. The smallest absolute Gasteiger partial charge is 0.214 e. The van der Waals surface area contributed by atoms with Crippen LogP contribution in [0.25, 0.3) is 5.69 Å². The minimum atomic E-state index is -0.662. The standard InChI is InChI=1S/C21H26N4O3S/c1-14(2)17-7-5-6-8-19(17)28-12-16(26)13-29-21-22-23-24-25(21)18-11-15(3)9-10-20(18)27-4/h5-11,14,16,26H,12-13H2,1-4H3/t16-/m1/s1. The summed E-state index contributed by atoms with van der Waals surface area (Å²) in [6.07, 6.45) is -0.662. The maximum Gasteiger partial charge on any atom is 0.214 e. The molecule has 8 heteroatoms. The summed E-state index contributed by atoms with van der Waals surface area (Å²) in [7, 11) is 1.61. The summed E-state index contributed by atoms with van der Waals surface area (Å²) in [4.78, 5) is 0. The summed E-state index contributed by atoms with van der Waals surface area (Å²) < 4.78 is 12.9. The Balaban J connectivity index is 1.63. The Morgan fingerprint density at radius 1 is 1.14 bits per heavy atom. The number of rotatable bonds is 9. The molecule has 2 aromatic carbocycles. The van der Waals surface area contributed by atoms with Gasteiger partial charge in [0, 0.05) is 5.75 Å². The number of aliphatic hydroxyl groups excluding tert-OH is 1. The van der Waals surface area contributed by atoms with Crippen LogP contribution in [0.15, 0.2) is 47.6 Å². The zero-order chi connectivity index (χ0) is 20.8. The van der Waals surface area contributed by atoms with Gasteiger partial charge in [0.25, 0.3) is 0 Å². The summed E-state index contributed by atoms with van der Waals surface area (Å²) >= 11 is 1.37. The average Bonchev–Trinajstić information content (AvgIpc) is 3.19. The Morgan fingerprint density at radius 2 is 1.93 bits per heavy atom. The minimum absolute atomic E-state index is 0.200. The van der Waals surface area contributed by atoms with Crippen molar-refractivity contribution in [3.63, 3.8) is 0 Å². The van der Waals surface area contributed by atoms with Crippen LogP contribution in [0.3, 0.4) is 0 Å². The van der Waals surface area contributed by atoms with E-state index in [9.17, 15) is 5.11 Å². The maximum atomic E-state index is 10.4. The number of benzene rings is 2. The molecule has 1 aromatic heterocycles. The van der Waals surface area contributed by atoms with Crippen molar-refractivity contribution in [3.05, 3.63) is 53.6 Å². The van der Waals surface area contributed by atoms with Gasteiger partial charge in [0.15, 0.2) is 0 Å². The van der Waals surface area contributed by atoms with Gasteiger partial charge in [-0.15, -0.1) is 5.10 Å². The Morgan fingerprint density at radius 3 is 2.69 bits per heavy atom. The number of aryl methyl sites for hydroxylation is 1. The molecule has 0 radical (unpaired) electrons. The van der Waals surface area contributed by atoms with Crippen molar-refractivity contribution in [3.8, 4) is 17.2 Å². The van der Waals surface area contributed by atoms with Gasteiger partial charge < -0.3 is 14.6 Å². The van der Waals surface area contributed by atoms with Crippen LogP contribution in [0.2, 0.25) is 0 Å². The lowest BCUT2D eigenvalue weighted by molar-refractivity contribution is 0.125. The van der Waals surface area contributed by atoms with E-state index in [1.807, 2.05) is 49.4 Å². The second-order valence-electron chi connectivity index (χ2n) is 7.02. The topological polar surface area (TPSA) is 82.3 Å². The summed E-state index contributed by atoms with van der Waals surface area (Å²) in [5.74, 6) is 2.24. The molecule has 1 N–H and O–H groups in total. The summed E-state index contributed by atoms with van der Waals surface area (Å²) in [5.41, 5.74) is 2.96. The highest BCUT2D eigenvalue weighted by Gasteiger charge is 2.16. The van der Waals surface area contributed by atoms with Crippen LogP contribution >= 0.6 is 11.8 Å². The van der Waals surface area contributed by atoms with E-state index in [1.54, 1.807) is 11.8 Å². The third-order valence-electron chi connectivity index (χ3n) is 4.38. The number of ether oxygens (including phenoxy) is 2. The van der Waals surface area contributed by atoms with Crippen LogP contribution in [0.1, 0.15) is 30.9 Å². The van der Waals surface area contributed by atoms with E-state index < -0.39 is 6.10 Å². The van der Waals surface area contributed by atoms with E-state index in [4.69, 9.17) is 9.47 Å². The van der Waals surface area contributed by atoms with Crippen molar-refractivity contribution in [1.82, 2.24) is 20.2 Å². The van der Waals surface area contributed by atoms with Crippen LogP contribution in [-0.2, 0) is 0 Å². The van der Waals surface area contributed by atoms with E-state index in [0.717, 1.165) is 22.6 Å². The van der Waals surface area contributed by atoms with Crippen molar-refractivity contribution in [1.29, 1.82) is 0 Å². The molecule has 154 valence electrons. The Labute approximate surface area is 175 Å². The van der Waals surface area contributed by atoms with Gasteiger partial charge in [0.05, 0.1) is 13.2 Å². The second kappa shape index (κ2) is 9.76. The number of tetrazole rings is 1. The van der Waals surface area contributed by atoms with Crippen LogP contribution < -0.4 is 9.47 Å². The molecule has 0 fully saturated rings. The predicted octanol–water partition coefficient (Wildman–Crippen LogP) is 3.63. The first kappa shape index (κ1) is 21.1. The molecule has 0 saturated heterocycles. The normalized spacial score (nSPS) is 12.2. The van der Waals surface area contributed by atoms with Crippen molar-refractivity contribution < 1.29 is 14.6 Å². The van der Waals surface area contributed by atoms with Gasteiger partial charge in [-0.1, -0.05) is 49.9 Å². The van der Waals surface area contributed by atoms with Gasteiger partial charge in [-0.25, -0.2) is 0 Å². The molecular formula is C21H26N4O3S. The Bertz CT molecular complexity index is 945. The van der Waals surface area contributed by atoms with Gasteiger partial charge in [-0.05, 0) is 52.6 Å². The number of hydrogen-bond donors (Lipinski definition) is 1. The molecule has 0 amide bonds. The van der Waals surface area contributed by atoms with Crippen LogP contribution in [0, 0.1) is 6.92 Å². The van der Waals surface area contributed by atoms with Crippen molar-refractivity contribution in [2.45, 2.75) is 37.9 Å². The molecule has 1 heterocycles. The summed E-state index contributed by atoms with van der Waals surface area (Å²) in [6, 6.07) is 13.7. The molecule has 0 aliphatic rings. The fourth-order valence-electron chi connectivity index (χ4n) is 2.88. The maximum absolute atomic E-state index is 10.4. The summed E-state index contributed by atoms with van der Waals surface area (Å²) in [6.45, 7) is 6.43. The van der Waals surface area contributed by atoms with Crippen molar-refractivity contribution in [2.24, 2.45) is 0 Å². The molecule has 0 spiro atoms. The molecule has 0 bridgehead atoms. The van der Waals surface area contributed by atoms with Crippen LogP contribution in [-0.4, -0.2) is 50.9 Å². The van der Waals surface area contributed by atoms with Gasteiger partial charge in [-0.3, -0.25) is 0 Å². The third-order valence-corrected chi connectivity index (χ3v) is 5.44. The minimum Gasteiger partial charge on any atom is -0.494 e. The van der Waals surface area contributed by atoms with E-state index >= 15 is 0 Å². The quantitative estimate of drug-likeness (QED) is 0.535. The third kappa shape index (κ3) is 5.27. The number of para-hydroxylation sites is 1. The first-order valence-corrected chi connectivity index (χ1v) is 10.4. The summed E-state index contributed by atoms with van der Waals surface area (Å²) in [5, 5.41) is 22.9. The highest BCUT2D eigenvalue weighted by atomic mass is 32.2. The van der Waals surface area contributed by atoms with Crippen LogP contribution in [0.4, 0.5) is 0 Å². The zero-order valence-corrected chi connectivity index (χ0v) is 17.9. The van der Waals surface area contributed by atoms with Gasteiger partial charge in [0.1, 0.15) is 23.8 Å². The average molecular weight is 415 g/mol. The first-order valence-electron chi connectivity index (χ1n) is 9.45. The lowest BCUT2D eigenvalue weighted by atomic mass is 10.0. The number of nitrogens with zero attached hydrogens (tertiary/aromatic N) is 4. The molecular weight excluding hydrogens is 388 g/mol. The molecule has 29 heavy (non-hydrogen) atoms. The molecule has 7 nitrogen and oxygen atoms in total. The van der Waals surface area contributed by atoms with Crippen molar-refractivity contribution >= 4 is 11.8 Å². The van der Waals surface area contributed by atoms with E-state index in [1.165, 1.54) is 11.8 Å².